The molecule has 0 amide bonds. The van der Waals surface area contributed by atoms with Crippen LogP contribution in [0.25, 0.3) is 22.2 Å². The van der Waals surface area contributed by atoms with Crippen molar-refractivity contribution >= 4 is 33.5 Å². The van der Waals surface area contributed by atoms with Gasteiger partial charge in [-0.2, -0.15) is 0 Å². The molecule has 3 nitrogen and oxygen atoms in total. The lowest BCUT2D eigenvalue weighted by Crippen LogP contribution is -1.84. The molecule has 0 saturated carbocycles. The second kappa shape index (κ2) is 3.86. The van der Waals surface area contributed by atoms with Crippen molar-refractivity contribution in [1.82, 2.24) is 15.0 Å². The maximum atomic E-state index is 4.45. The third-order valence-electron chi connectivity index (χ3n) is 2.47. The van der Waals surface area contributed by atoms with Crippen LogP contribution < -0.4 is 0 Å². The van der Waals surface area contributed by atoms with Gasteiger partial charge in [0, 0.05) is 39.3 Å². The Morgan fingerprint density at radius 2 is 2.19 bits per heavy atom. The number of nitrogens with one attached hydrogen (secondary N) is 1. The Kier molecular flexibility index (Phi) is 2.36. The van der Waals surface area contributed by atoms with E-state index in [9.17, 15) is 0 Å². The number of halogens is 1. The average molecular weight is 321 g/mol. The highest BCUT2D eigenvalue weighted by molar-refractivity contribution is 14.1. The van der Waals surface area contributed by atoms with E-state index in [0.29, 0.717) is 0 Å². The fourth-order valence-electron chi connectivity index (χ4n) is 1.66. The number of pyridine rings is 2. The molecule has 0 atom stereocenters. The molecular formula is C12H8IN3. The van der Waals surface area contributed by atoms with Crippen molar-refractivity contribution in [2.45, 2.75) is 0 Å². The van der Waals surface area contributed by atoms with Crippen molar-refractivity contribution < 1.29 is 0 Å². The van der Waals surface area contributed by atoms with Crippen LogP contribution >= 0.6 is 22.6 Å². The summed E-state index contributed by atoms with van der Waals surface area (Å²) in [5.74, 6) is 0. The Morgan fingerprint density at radius 1 is 1.25 bits per heavy atom. The summed E-state index contributed by atoms with van der Waals surface area (Å²) < 4.78 is 1.19. The third-order valence-corrected chi connectivity index (χ3v) is 3.37. The van der Waals surface area contributed by atoms with Crippen LogP contribution in [0.15, 0.2) is 43.0 Å². The van der Waals surface area contributed by atoms with E-state index in [1.165, 1.54) is 3.57 Å². The van der Waals surface area contributed by atoms with E-state index in [0.717, 1.165) is 22.2 Å². The molecule has 3 heterocycles. The Labute approximate surface area is 106 Å². The largest absolute Gasteiger partial charge is 0.360 e. The minimum absolute atomic E-state index is 0.943. The van der Waals surface area contributed by atoms with E-state index in [1.807, 2.05) is 30.7 Å². The summed E-state index contributed by atoms with van der Waals surface area (Å²) in [6.45, 7) is 0. The maximum absolute atomic E-state index is 4.45. The van der Waals surface area contributed by atoms with Crippen LogP contribution in [0.2, 0.25) is 0 Å². The van der Waals surface area contributed by atoms with Crippen molar-refractivity contribution in [3.63, 3.8) is 0 Å². The lowest BCUT2D eigenvalue weighted by Gasteiger charge is -1.99. The quantitative estimate of drug-likeness (QED) is 0.699. The highest BCUT2D eigenvalue weighted by Gasteiger charge is 2.04. The Hall–Kier alpha value is -1.43. The molecular weight excluding hydrogens is 313 g/mol. The van der Waals surface area contributed by atoms with Crippen LogP contribution in [0.4, 0.5) is 0 Å². The van der Waals surface area contributed by atoms with Crippen molar-refractivity contribution in [3.05, 3.63) is 46.6 Å². The first-order valence-electron chi connectivity index (χ1n) is 4.87. The Morgan fingerprint density at radius 3 is 3.00 bits per heavy atom. The minimum Gasteiger partial charge on any atom is -0.360 e. The molecule has 0 radical (unpaired) electrons. The van der Waals surface area contributed by atoms with Gasteiger partial charge in [0.05, 0.1) is 11.2 Å². The van der Waals surface area contributed by atoms with Crippen LogP contribution in [-0.4, -0.2) is 15.0 Å². The zero-order valence-corrected chi connectivity index (χ0v) is 10.5. The summed E-state index contributed by atoms with van der Waals surface area (Å²) in [6, 6.07) is 5.98. The monoisotopic (exact) mass is 321 g/mol. The highest BCUT2D eigenvalue weighted by Crippen LogP contribution is 2.23. The van der Waals surface area contributed by atoms with Crippen LogP contribution in [0, 0.1) is 3.57 Å². The molecule has 0 saturated heterocycles. The number of hydrogen-bond acceptors (Lipinski definition) is 2. The van der Waals surface area contributed by atoms with E-state index >= 15 is 0 Å². The van der Waals surface area contributed by atoms with Crippen molar-refractivity contribution in [2.75, 3.05) is 0 Å². The standard InChI is InChI=1S/C12H8IN3/c13-10-7-16-12-4-11(15-6-9(10)12)8-2-1-3-14-5-8/h1-7,16H. The molecule has 0 fully saturated rings. The molecule has 1 N–H and O–H groups in total. The van der Waals surface area contributed by atoms with Crippen LogP contribution in [0.1, 0.15) is 0 Å². The van der Waals surface area contributed by atoms with Gasteiger partial charge < -0.3 is 4.98 Å². The molecule has 0 aliphatic heterocycles. The van der Waals surface area contributed by atoms with Gasteiger partial charge in [-0.25, -0.2) is 0 Å². The first kappa shape index (κ1) is 9.77. The van der Waals surface area contributed by atoms with Crippen molar-refractivity contribution in [2.24, 2.45) is 0 Å². The minimum atomic E-state index is 0.943. The fraction of sp³-hybridized carbons (Fsp3) is 0. The first-order chi connectivity index (χ1) is 7.84. The van der Waals surface area contributed by atoms with E-state index in [2.05, 4.69) is 43.6 Å². The molecule has 0 unspecified atom stereocenters. The molecule has 0 aliphatic rings. The highest BCUT2D eigenvalue weighted by atomic mass is 127. The van der Waals surface area contributed by atoms with Gasteiger partial charge in [-0.05, 0) is 40.8 Å². The summed E-state index contributed by atoms with van der Waals surface area (Å²) >= 11 is 2.30. The van der Waals surface area contributed by atoms with Gasteiger partial charge >= 0.3 is 0 Å². The number of rotatable bonds is 1. The zero-order valence-electron chi connectivity index (χ0n) is 8.31. The molecule has 3 aromatic rings. The van der Waals surface area contributed by atoms with Crippen molar-refractivity contribution in [3.8, 4) is 11.3 Å². The molecule has 3 aromatic heterocycles. The first-order valence-corrected chi connectivity index (χ1v) is 5.95. The topological polar surface area (TPSA) is 41.6 Å². The molecule has 0 spiro atoms. The second-order valence-electron chi connectivity index (χ2n) is 3.49. The summed E-state index contributed by atoms with van der Waals surface area (Å²) in [5.41, 5.74) is 3.09. The van der Waals surface area contributed by atoms with Gasteiger partial charge in [0.15, 0.2) is 0 Å². The SMILES string of the molecule is Ic1c[nH]c2cc(-c3cccnc3)ncc12. The number of nitrogens with zero attached hydrogens (tertiary/aromatic N) is 2. The van der Waals surface area contributed by atoms with Crippen LogP contribution in [0.5, 0.6) is 0 Å². The molecule has 3 rings (SSSR count). The summed E-state index contributed by atoms with van der Waals surface area (Å²) in [6.07, 6.45) is 7.47. The summed E-state index contributed by atoms with van der Waals surface area (Å²) in [4.78, 5) is 11.8. The van der Waals surface area contributed by atoms with E-state index in [4.69, 9.17) is 0 Å². The van der Waals surface area contributed by atoms with E-state index in [-0.39, 0.29) is 0 Å². The van der Waals surface area contributed by atoms with E-state index in [1.54, 1.807) is 6.20 Å². The number of H-pyrrole nitrogens is 1. The van der Waals surface area contributed by atoms with Crippen molar-refractivity contribution in [1.29, 1.82) is 0 Å². The molecule has 0 aromatic carbocycles. The Balaban J connectivity index is 2.19. The molecule has 0 bridgehead atoms. The van der Waals surface area contributed by atoms with Crippen LogP contribution in [-0.2, 0) is 0 Å². The fourth-order valence-corrected chi connectivity index (χ4v) is 2.24. The lowest BCUT2D eigenvalue weighted by molar-refractivity contribution is 1.29. The van der Waals surface area contributed by atoms with Gasteiger partial charge in [0.1, 0.15) is 0 Å². The van der Waals surface area contributed by atoms with Gasteiger partial charge in [0.25, 0.3) is 0 Å². The second-order valence-corrected chi connectivity index (χ2v) is 4.66. The molecule has 16 heavy (non-hydrogen) atoms. The predicted octanol–water partition coefficient (Wildman–Crippen LogP) is 3.23. The maximum Gasteiger partial charge on any atom is 0.0738 e. The lowest BCUT2D eigenvalue weighted by atomic mass is 10.2. The zero-order chi connectivity index (χ0) is 11.0. The summed E-state index contributed by atoms with van der Waals surface area (Å²) in [5, 5.41) is 1.16. The third kappa shape index (κ3) is 1.59. The van der Waals surface area contributed by atoms with Gasteiger partial charge in [-0.1, -0.05) is 0 Å². The van der Waals surface area contributed by atoms with Gasteiger partial charge in [-0.3, -0.25) is 9.97 Å². The van der Waals surface area contributed by atoms with Gasteiger partial charge in [0.2, 0.25) is 0 Å². The Bertz CT molecular complexity index is 631. The number of hydrogen-bond donors (Lipinski definition) is 1. The smallest absolute Gasteiger partial charge is 0.0738 e. The normalized spacial score (nSPS) is 10.8. The molecule has 0 aliphatic carbocycles. The average Bonchev–Trinajstić information content (AvgIpc) is 2.72. The predicted molar refractivity (Wildman–Crippen MR) is 72.0 cm³/mol. The molecule has 78 valence electrons. The van der Waals surface area contributed by atoms with E-state index < -0.39 is 0 Å². The number of aromatic nitrogens is 3. The van der Waals surface area contributed by atoms with Gasteiger partial charge in [-0.15, -0.1) is 0 Å². The summed E-state index contributed by atoms with van der Waals surface area (Å²) in [7, 11) is 0. The molecule has 4 heteroatoms. The number of aromatic amines is 1. The van der Waals surface area contributed by atoms with Crippen LogP contribution in [0.3, 0.4) is 0 Å². The number of fused-ring (bicyclic) bond motifs is 1.